The fraction of sp³-hybridized carbons (Fsp3) is 0.850. The summed E-state index contributed by atoms with van der Waals surface area (Å²) >= 11 is 0. The summed E-state index contributed by atoms with van der Waals surface area (Å²) in [5.74, 6) is -0.912. The van der Waals surface area contributed by atoms with E-state index in [0.29, 0.717) is 23.9 Å². The second-order valence-corrected chi connectivity index (χ2v) is 16.1. The summed E-state index contributed by atoms with van der Waals surface area (Å²) in [6, 6.07) is 0. The zero-order chi connectivity index (χ0) is 37.2. The molecule has 2 unspecified atom stereocenters. The molecule has 0 amide bonds. The number of carbonyl (C=O) groups is 2. The number of phosphoric acid groups is 1. The molecule has 9 nitrogen and oxygen atoms in total. The third-order valence-corrected chi connectivity index (χ3v) is 9.46. The van der Waals surface area contributed by atoms with Crippen LogP contribution in [0.25, 0.3) is 0 Å². The quantitative estimate of drug-likeness (QED) is 0.0223. The van der Waals surface area contributed by atoms with E-state index in [9.17, 15) is 19.0 Å². The van der Waals surface area contributed by atoms with Gasteiger partial charge in [-0.25, -0.2) is 4.57 Å². The number of esters is 2. The third-order valence-electron chi connectivity index (χ3n) is 8.48. The van der Waals surface area contributed by atoms with Gasteiger partial charge >= 0.3 is 19.8 Å². The minimum absolute atomic E-state index is 0.0226. The number of phosphoric ester groups is 1. The Kier molecular flexibility index (Phi) is 32.3. The van der Waals surface area contributed by atoms with Gasteiger partial charge in [0.05, 0.1) is 27.7 Å². The van der Waals surface area contributed by atoms with Crippen LogP contribution in [0.1, 0.15) is 168 Å². The molecule has 50 heavy (non-hydrogen) atoms. The van der Waals surface area contributed by atoms with E-state index in [4.69, 9.17) is 18.5 Å². The van der Waals surface area contributed by atoms with Gasteiger partial charge < -0.3 is 18.9 Å². The van der Waals surface area contributed by atoms with Crippen molar-refractivity contribution >= 4 is 19.8 Å². The summed E-state index contributed by atoms with van der Waals surface area (Å²) < 4.78 is 34.1. The molecule has 0 fully saturated rings. The molecule has 294 valence electrons. The zero-order valence-corrected chi connectivity index (χ0v) is 33.8. The summed E-state index contributed by atoms with van der Waals surface area (Å²) in [5, 5.41) is 0. The molecule has 0 aliphatic heterocycles. The highest BCUT2D eigenvalue weighted by molar-refractivity contribution is 7.47. The molecule has 0 aliphatic carbocycles. The lowest BCUT2D eigenvalue weighted by Crippen LogP contribution is -2.37. The normalized spacial score (nSPS) is 14.0. The van der Waals surface area contributed by atoms with Gasteiger partial charge in [-0.1, -0.05) is 141 Å². The van der Waals surface area contributed by atoms with Crippen molar-refractivity contribution in [1.29, 1.82) is 0 Å². The van der Waals surface area contributed by atoms with E-state index >= 15 is 0 Å². The number of hydrogen-bond acceptors (Lipinski definition) is 7. The molecule has 0 saturated carbocycles. The Morgan fingerprint density at radius 2 is 1.02 bits per heavy atom. The molecule has 2 atom stereocenters. The van der Waals surface area contributed by atoms with Gasteiger partial charge in [-0.15, -0.1) is 0 Å². The second-order valence-electron chi connectivity index (χ2n) is 14.7. The number of ether oxygens (including phenoxy) is 2. The van der Waals surface area contributed by atoms with E-state index in [1.54, 1.807) is 0 Å². The number of allylic oxidation sites excluding steroid dienone is 4. The summed E-state index contributed by atoms with van der Waals surface area (Å²) in [6.45, 7) is 4.32. The van der Waals surface area contributed by atoms with Crippen molar-refractivity contribution in [3.8, 4) is 0 Å². The number of unbranched alkanes of at least 4 members (excludes halogenated alkanes) is 18. The predicted molar refractivity (Wildman–Crippen MR) is 206 cm³/mol. The molecule has 0 bridgehead atoms. The summed E-state index contributed by atoms with van der Waals surface area (Å²) in [6.07, 6.45) is 33.9. The third kappa shape index (κ3) is 36.3. The number of hydrogen-bond donors (Lipinski definition) is 1. The zero-order valence-electron chi connectivity index (χ0n) is 32.9. The Morgan fingerprint density at radius 1 is 0.600 bits per heavy atom. The summed E-state index contributed by atoms with van der Waals surface area (Å²) in [7, 11) is 1.44. The fourth-order valence-corrected chi connectivity index (χ4v) is 6.02. The Hall–Kier alpha value is -1.51. The highest BCUT2D eigenvalue weighted by atomic mass is 31.2. The van der Waals surface area contributed by atoms with Gasteiger partial charge in [0.15, 0.2) is 6.10 Å². The van der Waals surface area contributed by atoms with E-state index < -0.39 is 32.5 Å². The maximum absolute atomic E-state index is 12.6. The topological polar surface area (TPSA) is 108 Å². The fourth-order valence-electron chi connectivity index (χ4n) is 5.28. The molecule has 0 heterocycles. The molecular weight excluding hydrogens is 653 g/mol. The lowest BCUT2D eigenvalue weighted by molar-refractivity contribution is -0.870. The van der Waals surface area contributed by atoms with Gasteiger partial charge in [0.25, 0.3) is 0 Å². The van der Waals surface area contributed by atoms with E-state index in [2.05, 4.69) is 26.0 Å². The summed E-state index contributed by atoms with van der Waals surface area (Å²) in [4.78, 5) is 35.1. The molecule has 0 aromatic carbocycles. The maximum Gasteiger partial charge on any atom is 0.472 e. The smallest absolute Gasteiger partial charge is 0.462 e. The lowest BCUT2D eigenvalue weighted by Gasteiger charge is -2.24. The number of rotatable bonds is 36. The van der Waals surface area contributed by atoms with E-state index in [1.807, 2.05) is 33.3 Å². The standard InChI is InChI=1S/C40H76NO8P/c1-6-8-10-12-14-16-18-20-22-24-26-28-30-32-39(42)46-36-38(37-48-50(44,45)47-35-34-41(3,4)5)49-40(43)33-31-29-27-25-23-21-19-17-15-13-11-9-7-2/h26-29,38H,6-25,30-37H2,1-5H3/p+1/b28-26-,29-27-. The largest absolute Gasteiger partial charge is 0.472 e. The van der Waals surface area contributed by atoms with Crippen LogP contribution in [0, 0.1) is 0 Å². The number of carbonyl (C=O) groups excluding carboxylic acids is 2. The van der Waals surface area contributed by atoms with Crippen molar-refractivity contribution in [2.75, 3.05) is 47.5 Å². The molecule has 0 radical (unpaired) electrons. The Morgan fingerprint density at radius 3 is 1.48 bits per heavy atom. The monoisotopic (exact) mass is 731 g/mol. The number of nitrogens with zero attached hydrogens (tertiary/aromatic N) is 1. The van der Waals surface area contributed by atoms with Gasteiger partial charge in [0, 0.05) is 12.8 Å². The highest BCUT2D eigenvalue weighted by Crippen LogP contribution is 2.43. The van der Waals surface area contributed by atoms with Crippen LogP contribution in [0.2, 0.25) is 0 Å². The predicted octanol–water partition coefficient (Wildman–Crippen LogP) is 10.8. The van der Waals surface area contributed by atoms with Crippen LogP contribution in [0.4, 0.5) is 0 Å². The maximum atomic E-state index is 12.6. The molecule has 10 heteroatoms. The Labute approximate surface area is 307 Å². The van der Waals surface area contributed by atoms with Gasteiger partial charge in [-0.3, -0.25) is 18.6 Å². The molecule has 0 rings (SSSR count). The first kappa shape index (κ1) is 48.5. The van der Waals surface area contributed by atoms with Crippen molar-refractivity contribution in [3.63, 3.8) is 0 Å². The minimum Gasteiger partial charge on any atom is -0.462 e. The average Bonchev–Trinajstić information content (AvgIpc) is 3.06. The van der Waals surface area contributed by atoms with Gasteiger partial charge in [-0.2, -0.15) is 0 Å². The van der Waals surface area contributed by atoms with E-state index in [-0.39, 0.29) is 26.1 Å². The molecule has 1 N–H and O–H groups in total. The second kappa shape index (κ2) is 33.3. The van der Waals surface area contributed by atoms with Crippen LogP contribution in [0.15, 0.2) is 24.3 Å². The molecule has 0 aromatic heterocycles. The van der Waals surface area contributed by atoms with Gasteiger partial charge in [-0.05, 0) is 38.5 Å². The average molecular weight is 731 g/mol. The van der Waals surface area contributed by atoms with Crippen molar-refractivity contribution in [2.45, 2.75) is 174 Å². The van der Waals surface area contributed by atoms with Crippen LogP contribution in [-0.4, -0.2) is 74.9 Å². The van der Waals surface area contributed by atoms with Crippen LogP contribution >= 0.6 is 7.82 Å². The van der Waals surface area contributed by atoms with Crippen LogP contribution in [-0.2, 0) is 32.7 Å². The lowest BCUT2D eigenvalue weighted by atomic mass is 10.1. The molecule has 0 aliphatic rings. The first-order chi connectivity index (χ1) is 24.0. The molecular formula is C40H77NO8P+. The molecule has 0 aromatic rings. The van der Waals surface area contributed by atoms with Crippen molar-refractivity contribution in [3.05, 3.63) is 24.3 Å². The van der Waals surface area contributed by atoms with E-state index in [1.165, 1.54) is 103 Å². The van der Waals surface area contributed by atoms with Gasteiger partial charge in [0.1, 0.15) is 19.8 Å². The number of quaternary nitrogens is 1. The van der Waals surface area contributed by atoms with Crippen molar-refractivity contribution in [2.24, 2.45) is 0 Å². The Balaban J connectivity index is 4.50. The number of likely N-dealkylation sites (N-methyl/N-ethyl adjacent to an activating group) is 1. The minimum atomic E-state index is -4.38. The van der Waals surface area contributed by atoms with Crippen LogP contribution in [0.3, 0.4) is 0 Å². The van der Waals surface area contributed by atoms with Crippen molar-refractivity contribution in [1.82, 2.24) is 0 Å². The Bertz CT molecular complexity index is 918. The van der Waals surface area contributed by atoms with Gasteiger partial charge in [0.2, 0.25) is 0 Å². The molecule has 0 spiro atoms. The SMILES string of the molecule is CCCCCCCCCCC/C=C\CCC(=O)OCC(COP(=O)(O)OCC[N+](C)(C)C)OC(=O)CC/C=C\CCCCCCCCCCC. The van der Waals surface area contributed by atoms with Crippen LogP contribution in [0.5, 0.6) is 0 Å². The highest BCUT2D eigenvalue weighted by Gasteiger charge is 2.27. The van der Waals surface area contributed by atoms with Crippen LogP contribution < -0.4 is 0 Å². The van der Waals surface area contributed by atoms with E-state index in [0.717, 1.165) is 25.7 Å². The summed E-state index contributed by atoms with van der Waals surface area (Å²) in [5.41, 5.74) is 0. The first-order valence-corrected chi connectivity index (χ1v) is 21.6. The molecule has 0 saturated heterocycles. The first-order valence-electron chi connectivity index (χ1n) is 20.1. The van der Waals surface area contributed by atoms with Crippen molar-refractivity contribution < 1.29 is 42.1 Å².